The molecule has 5 heteroatoms. The first-order valence-electron chi connectivity index (χ1n) is 4.56. The third-order valence-corrected chi connectivity index (χ3v) is 2.17. The van der Waals surface area contributed by atoms with Crippen LogP contribution in [0.2, 0.25) is 0 Å². The molecule has 0 amide bonds. The zero-order valence-electron chi connectivity index (χ0n) is 9.21. The molecule has 16 heavy (non-hydrogen) atoms. The van der Waals surface area contributed by atoms with Crippen LogP contribution in [0, 0.1) is 0 Å². The fourth-order valence-corrected chi connectivity index (χ4v) is 1.37. The number of carbonyl (C=O) groups excluding carboxylic acids is 1. The highest BCUT2D eigenvalue weighted by molar-refractivity contribution is 5.97. The van der Waals surface area contributed by atoms with Gasteiger partial charge in [-0.1, -0.05) is 0 Å². The number of methoxy groups -OCH3 is 2. The minimum Gasteiger partial charge on any atom is -0.496 e. The lowest BCUT2D eigenvalue weighted by molar-refractivity contribution is 0.101. The van der Waals surface area contributed by atoms with Crippen LogP contribution in [-0.4, -0.2) is 20.0 Å². The van der Waals surface area contributed by atoms with Gasteiger partial charge in [0.15, 0.2) is 5.78 Å². The van der Waals surface area contributed by atoms with Crippen LogP contribution in [-0.2, 0) is 0 Å². The van der Waals surface area contributed by atoms with Crippen molar-refractivity contribution in [2.45, 2.75) is 13.3 Å². The lowest BCUT2D eigenvalue weighted by Crippen LogP contribution is -2.02. The second-order valence-corrected chi connectivity index (χ2v) is 3.15. The summed E-state index contributed by atoms with van der Waals surface area (Å²) < 4.78 is 35.1. The predicted molar refractivity (Wildman–Crippen MR) is 54.5 cm³/mol. The SMILES string of the molecule is COc1cc(OC)c(C(F)F)cc1C(C)=O. The number of carbonyl (C=O) groups is 1. The number of hydrogen-bond donors (Lipinski definition) is 0. The molecule has 0 heterocycles. The number of ether oxygens (including phenoxy) is 2. The minimum atomic E-state index is -2.70. The molecule has 0 saturated carbocycles. The van der Waals surface area contributed by atoms with E-state index in [9.17, 15) is 13.6 Å². The lowest BCUT2D eigenvalue weighted by Gasteiger charge is -2.12. The number of alkyl halides is 2. The van der Waals surface area contributed by atoms with Crippen molar-refractivity contribution >= 4 is 5.78 Å². The van der Waals surface area contributed by atoms with Gasteiger partial charge >= 0.3 is 0 Å². The number of hydrogen-bond acceptors (Lipinski definition) is 3. The van der Waals surface area contributed by atoms with E-state index in [0.717, 1.165) is 6.07 Å². The molecule has 0 aromatic heterocycles. The maximum Gasteiger partial charge on any atom is 0.267 e. The lowest BCUT2D eigenvalue weighted by atomic mass is 10.1. The summed E-state index contributed by atoms with van der Waals surface area (Å²) in [6.45, 7) is 1.29. The van der Waals surface area contributed by atoms with Gasteiger partial charge in [0.2, 0.25) is 0 Å². The molecule has 1 rings (SSSR count). The van der Waals surface area contributed by atoms with E-state index in [4.69, 9.17) is 9.47 Å². The second kappa shape index (κ2) is 4.92. The van der Waals surface area contributed by atoms with E-state index in [0.29, 0.717) is 0 Å². The molecule has 0 atom stereocenters. The Morgan fingerprint density at radius 2 is 1.75 bits per heavy atom. The fourth-order valence-electron chi connectivity index (χ4n) is 1.37. The van der Waals surface area contributed by atoms with E-state index in [1.165, 1.54) is 27.2 Å². The summed E-state index contributed by atoms with van der Waals surface area (Å²) >= 11 is 0. The Morgan fingerprint density at radius 1 is 1.19 bits per heavy atom. The highest BCUT2D eigenvalue weighted by Crippen LogP contribution is 2.35. The molecule has 0 fully saturated rings. The molecule has 0 spiro atoms. The standard InChI is InChI=1S/C11H12F2O3/c1-6(14)7-4-8(11(12)13)10(16-3)5-9(7)15-2/h4-5,11H,1-3H3. The predicted octanol–water partition coefficient (Wildman–Crippen LogP) is 2.84. The molecule has 88 valence electrons. The summed E-state index contributed by atoms with van der Waals surface area (Å²) in [5.41, 5.74) is -0.188. The van der Waals surface area contributed by atoms with Crippen molar-refractivity contribution in [1.29, 1.82) is 0 Å². The normalized spacial score (nSPS) is 10.4. The van der Waals surface area contributed by atoms with Gasteiger partial charge in [-0.2, -0.15) is 0 Å². The smallest absolute Gasteiger partial charge is 0.267 e. The van der Waals surface area contributed by atoms with Crippen molar-refractivity contribution in [2.24, 2.45) is 0 Å². The summed E-state index contributed by atoms with van der Waals surface area (Å²) in [5.74, 6) is -0.0907. The number of benzene rings is 1. The van der Waals surface area contributed by atoms with E-state index in [1.54, 1.807) is 0 Å². The summed E-state index contributed by atoms with van der Waals surface area (Å²) in [4.78, 5) is 11.2. The van der Waals surface area contributed by atoms with Crippen molar-refractivity contribution in [3.8, 4) is 11.5 Å². The summed E-state index contributed by atoms with van der Waals surface area (Å²) in [6.07, 6.45) is -2.70. The first-order chi connectivity index (χ1) is 7.51. The Bertz CT molecular complexity index is 402. The number of ketones is 1. The molecular formula is C11H12F2O3. The zero-order valence-corrected chi connectivity index (χ0v) is 9.21. The molecule has 0 bridgehead atoms. The van der Waals surface area contributed by atoms with Crippen LogP contribution in [0.1, 0.15) is 29.3 Å². The van der Waals surface area contributed by atoms with Gasteiger partial charge in [-0.15, -0.1) is 0 Å². The van der Waals surface area contributed by atoms with Crippen molar-refractivity contribution in [1.82, 2.24) is 0 Å². The Hall–Kier alpha value is -1.65. The molecular weight excluding hydrogens is 218 g/mol. The molecule has 0 aliphatic carbocycles. The maximum atomic E-state index is 12.7. The first-order valence-corrected chi connectivity index (χ1v) is 4.56. The van der Waals surface area contributed by atoms with Gasteiger partial charge in [0.1, 0.15) is 11.5 Å². The van der Waals surface area contributed by atoms with Crippen LogP contribution < -0.4 is 9.47 Å². The van der Waals surface area contributed by atoms with E-state index in [2.05, 4.69) is 0 Å². The average Bonchev–Trinajstić information content (AvgIpc) is 2.26. The van der Waals surface area contributed by atoms with Crippen LogP contribution in [0.3, 0.4) is 0 Å². The highest BCUT2D eigenvalue weighted by atomic mass is 19.3. The molecule has 1 aromatic rings. The molecule has 0 aliphatic heterocycles. The third kappa shape index (κ3) is 2.29. The van der Waals surface area contributed by atoms with Crippen LogP contribution in [0.25, 0.3) is 0 Å². The first kappa shape index (κ1) is 12.4. The van der Waals surface area contributed by atoms with E-state index < -0.39 is 6.43 Å². The molecule has 0 unspecified atom stereocenters. The van der Waals surface area contributed by atoms with Crippen molar-refractivity contribution in [2.75, 3.05) is 14.2 Å². The molecule has 0 saturated heterocycles. The molecule has 0 N–H and O–H groups in total. The molecule has 0 aliphatic rings. The van der Waals surface area contributed by atoms with E-state index in [1.807, 2.05) is 0 Å². The Balaban J connectivity index is 3.40. The van der Waals surface area contributed by atoms with Crippen molar-refractivity contribution in [3.63, 3.8) is 0 Å². The van der Waals surface area contributed by atoms with Crippen molar-refractivity contribution < 1.29 is 23.0 Å². The van der Waals surface area contributed by atoms with E-state index >= 15 is 0 Å². The molecule has 3 nitrogen and oxygen atoms in total. The van der Waals surface area contributed by atoms with Gasteiger partial charge < -0.3 is 9.47 Å². The van der Waals surface area contributed by atoms with Crippen LogP contribution >= 0.6 is 0 Å². The van der Waals surface area contributed by atoms with Gasteiger partial charge in [-0.25, -0.2) is 8.78 Å². The summed E-state index contributed by atoms with van der Waals surface area (Å²) in [5, 5.41) is 0. The average molecular weight is 230 g/mol. The number of halogens is 2. The van der Waals surface area contributed by atoms with Gasteiger partial charge in [0.25, 0.3) is 6.43 Å². The molecule has 1 aromatic carbocycles. The topological polar surface area (TPSA) is 35.5 Å². The van der Waals surface area contributed by atoms with Gasteiger partial charge in [-0.05, 0) is 13.0 Å². The summed E-state index contributed by atoms with van der Waals surface area (Å²) in [7, 11) is 2.65. The fraction of sp³-hybridized carbons (Fsp3) is 0.364. The molecule has 0 radical (unpaired) electrons. The Kier molecular flexibility index (Phi) is 3.82. The van der Waals surface area contributed by atoms with Gasteiger partial charge in [0.05, 0.1) is 25.3 Å². The van der Waals surface area contributed by atoms with Gasteiger partial charge in [0, 0.05) is 6.07 Å². The quantitative estimate of drug-likeness (QED) is 0.746. The van der Waals surface area contributed by atoms with Crippen molar-refractivity contribution in [3.05, 3.63) is 23.3 Å². The number of Topliss-reactive ketones (excluding diaryl/α,β-unsaturated/α-hetero) is 1. The number of rotatable bonds is 4. The van der Waals surface area contributed by atoms with Crippen LogP contribution in [0.15, 0.2) is 12.1 Å². The maximum absolute atomic E-state index is 12.7. The largest absolute Gasteiger partial charge is 0.496 e. The highest BCUT2D eigenvalue weighted by Gasteiger charge is 2.19. The zero-order chi connectivity index (χ0) is 12.3. The second-order valence-electron chi connectivity index (χ2n) is 3.15. The monoisotopic (exact) mass is 230 g/mol. The van der Waals surface area contributed by atoms with Crippen LogP contribution in [0.4, 0.5) is 8.78 Å². The minimum absolute atomic E-state index is 0.0110. The van der Waals surface area contributed by atoms with E-state index in [-0.39, 0.29) is 28.4 Å². The third-order valence-electron chi connectivity index (χ3n) is 2.17. The summed E-state index contributed by atoms with van der Waals surface area (Å²) in [6, 6.07) is 2.39. The Morgan fingerprint density at radius 3 is 2.12 bits per heavy atom. The van der Waals surface area contributed by atoms with Gasteiger partial charge in [-0.3, -0.25) is 4.79 Å². The van der Waals surface area contributed by atoms with Crippen LogP contribution in [0.5, 0.6) is 11.5 Å². The Labute approximate surface area is 92.0 Å².